The van der Waals surface area contributed by atoms with Crippen LogP contribution in [-0.4, -0.2) is 4.98 Å². The van der Waals surface area contributed by atoms with E-state index in [9.17, 15) is 4.39 Å². The summed E-state index contributed by atoms with van der Waals surface area (Å²) in [6.07, 6.45) is 11.1. The van der Waals surface area contributed by atoms with E-state index in [1.807, 2.05) is 49.7 Å². The summed E-state index contributed by atoms with van der Waals surface area (Å²) in [4.78, 5) is 4.51. The fourth-order valence-corrected chi connectivity index (χ4v) is 4.50. The molecule has 0 saturated heterocycles. The van der Waals surface area contributed by atoms with Gasteiger partial charge in [0.05, 0.1) is 0 Å². The highest BCUT2D eigenvalue weighted by Gasteiger charge is 2.11. The number of pyridine rings is 1. The normalized spacial score (nSPS) is 11.1. The molecule has 0 spiro atoms. The summed E-state index contributed by atoms with van der Waals surface area (Å²) < 4.78 is 13.5. The van der Waals surface area contributed by atoms with Gasteiger partial charge in [0, 0.05) is 29.4 Å². The van der Waals surface area contributed by atoms with Crippen LogP contribution in [0.2, 0.25) is 0 Å². The first kappa shape index (κ1) is 30.8. The highest BCUT2D eigenvalue weighted by Crippen LogP contribution is 2.29. The molecule has 3 heteroatoms. The maximum absolute atomic E-state index is 13.5. The summed E-state index contributed by atoms with van der Waals surface area (Å²) in [5, 5.41) is 3.38. The molecule has 0 bridgehead atoms. The molecule has 3 aromatic carbocycles. The van der Waals surface area contributed by atoms with Gasteiger partial charge in [0.1, 0.15) is 5.82 Å². The van der Waals surface area contributed by atoms with Crippen LogP contribution in [0.4, 0.5) is 4.39 Å². The average molecular weight is 543 g/mol. The summed E-state index contributed by atoms with van der Waals surface area (Å²) in [6, 6.07) is 25.6. The number of hydrogen-bond acceptors (Lipinski definition) is 2. The van der Waals surface area contributed by atoms with Gasteiger partial charge in [-0.05, 0) is 96.0 Å². The second-order valence-corrected chi connectivity index (χ2v) is 9.90. The largest absolute Gasteiger partial charge is 0.356 e. The van der Waals surface area contributed by atoms with Gasteiger partial charge in [-0.25, -0.2) is 4.39 Å². The van der Waals surface area contributed by atoms with Gasteiger partial charge in [-0.2, -0.15) is 0 Å². The van der Waals surface area contributed by atoms with Crippen LogP contribution < -0.4 is 5.32 Å². The van der Waals surface area contributed by atoms with E-state index in [1.165, 1.54) is 23.3 Å². The molecule has 4 rings (SSSR count). The molecule has 0 aliphatic carbocycles. The predicted molar refractivity (Wildman–Crippen MR) is 174 cm³/mol. The molecule has 0 fully saturated rings. The SMILES string of the molecule is C.C=C(/C=C\C(=C/C)NC(=C)C(=C)c1cc(-c2cncc(Cc3ccccc3)c2)ccc1C)Cc1cccc(F)c1. The Bertz CT molecular complexity index is 1590. The molecule has 0 unspecified atom stereocenters. The van der Waals surface area contributed by atoms with Crippen molar-refractivity contribution in [1.82, 2.24) is 10.3 Å². The number of nitrogens with zero attached hydrogens (tertiary/aromatic N) is 1. The Kier molecular flexibility index (Phi) is 10.9. The highest BCUT2D eigenvalue weighted by atomic mass is 19.1. The molecule has 0 aliphatic rings. The minimum atomic E-state index is -0.240. The number of aryl methyl sites for hydroxylation is 1. The molecule has 208 valence electrons. The number of aromatic nitrogens is 1. The third-order valence-electron chi connectivity index (χ3n) is 6.73. The van der Waals surface area contributed by atoms with Gasteiger partial charge >= 0.3 is 0 Å². The topological polar surface area (TPSA) is 24.9 Å². The fraction of sp³-hybridized carbons (Fsp3) is 0.132. The molecule has 0 amide bonds. The Hall–Kier alpha value is -4.76. The summed E-state index contributed by atoms with van der Waals surface area (Å²) >= 11 is 0. The van der Waals surface area contributed by atoms with Crippen molar-refractivity contribution in [2.45, 2.75) is 34.1 Å². The second-order valence-electron chi connectivity index (χ2n) is 9.90. The van der Waals surface area contributed by atoms with Gasteiger partial charge < -0.3 is 5.32 Å². The van der Waals surface area contributed by atoms with Crippen LogP contribution in [0, 0.1) is 12.7 Å². The van der Waals surface area contributed by atoms with Crippen molar-refractivity contribution in [3.05, 3.63) is 180 Å². The van der Waals surface area contributed by atoms with Gasteiger partial charge in [-0.15, -0.1) is 0 Å². The van der Waals surface area contributed by atoms with Crippen LogP contribution in [0.3, 0.4) is 0 Å². The number of hydrogen-bond donors (Lipinski definition) is 1. The van der Waals surface area contributed by atoms with Crippen molar-refractivity contribution in [1.29, 1.82) is 0 Å². The quantitative estimate of drug-likeness (QED) is 0.191. The fourth-order valence-electron chi connectivity index (χ4n) is 4.50. The molecule has 41 heavy (non-hydrogen) atoms. The number of nitrogens with one attached hydrogen (secondary N) is 1. The van der Waals surface area contributed by atoms with E-state index in [-0.39, 0.29) is 13.2 Å². The molecular weight excluding hydrogens is 503 g/mol. The molecule has 0 saturated carbocycles. The average Bonchev–Trinajstić information content (AvgIpc) is 2.95. The lowest BCUT2D eigenvalue weighted by Crippen LogP contribution is -2.12. The first-order valence-electron chi connectivity index (χ1n) is 13.3. The van der Waals surface area contributed by atoms with E-state index in [1.54, 1.807) is 6.07 Å². The Morgan fingerprint density at radius 1 is 0.829 bits per heavy atom. The van der Waals surface area contributed by atoms with E-state index < -0.39 is 0 Å². The smallest absolute Gasteiger partial charge is 0.123 e. The van der Waals surface area contributed by atoms with Crippen molar-refractivity contribution < 1.29 is 4.39 Å². The molecule has 1 heterocycles. The third kappa shape index (κ3) is 8.61. The molecular formula is C38H39FN2. The Morgan fingerprint density at radius 2 is 1.59 bits per heavy atom. The first-order chi connectivity index (χ1) is 19.3. The number of allylic oxidation sites excluding steroid dienone is 5. The molecule has 1 N–H and O–H groups in total. The zero-order valence-corrected chi connectivity index (χ0v) is 23.3. The number of rotatable bonds is 11. The zero-order chi connectivity index (χ0) is 28.5. The highest BCUT2D eigenvalue weighted by molar-refractivity contribution is 5.81. The summed E-state index contributed by atoms with van der Waals surface area (Å²) in [6.45, 7) is 16.8. The summed E-state index contributed by atoms with van der Waals surface area (Å²) in [5.41, 5.74) is 10.9. The Labute approximate surface area is 245 Å². The van der Waals surface area contributed by atoms with Crippen LogP contribution in [0.25, 0.3) is 16.7 Å². The van der Waals surface area contributed by atoms with E-state index in [0.717, 1.165) is 51.1 Å². The van der Waals surface area contributed by atoms with Crippen LogP contribution in [0.1, 0.15) is 42.2 Å². The van der Waals surface area contributed by atoms with Gasteiger partial charge in [0.15, 0.2) is 0 Å². The predicted octanol–water partition coefficient (Wildman–Crippen LogP) is 9.80. The van der Waals surface area contributed by atoms with Crippen molar-refractivity contribution in [2.75, 3.05) is 0 Å². The van der Waals surface area contributed by atoms with Crippen molar-refractivity contribution in [3.63, 3.8) is 0 Å². The maximum atomic E-state index is 13.5. The molecule has 0 aliphatic heterocycles. The minimum Gasteiger partial charge on any atom is -0.356 e. The third-order valence-corrected chi connectivity index (χ3v) is 6.73. The Balaban J connectivity index is 0.00000462. The summed E-state index contributed by atoms with van der Waals surface area (Å²) in [7, 11) is 0. The van der Waals surface area contributed by atoms with Crippen molar-refractivity contribution >= 4 is 5.57 Å². The van der Waals surface area contributed by atoms with Crippen LogP contribution >= 0.6 is 0 Å². The number of halogens is 1. The van der Waals surface area contributed by atoms with E-state index >= 15 is 0 Å². The van der Waals surface area contributed by atoms with Crippen LogP contribution in [0.15, 0.2) is 146 Å². The monoisotopic (exact) mass is 542 g/mol. The van der Waals surface area contributed by atoms with E-state index in [4.69, 9.17) is 0 Å². The van der Waals surface area contributed by atoms with Crippen molar-refractivity contribution in [2.24, 2.45) is 0 Å². The van der Waals surface area contributed by atoms with Gasteiger partial charge in [-0.3, -0.25) is 4.98 Å². The van der Waals surface area contributed by atoms with Crippen LogP contribution in [-0.2, 0) is 12.8 Å². The van der Waals surface area contributed by atoms with Gasteiger partial charge in [0.2, 0.25) is 0 Å². The second kappa shape index (κ2) is 14.6. The van der Waals surface area contributed by atoms with E-state index in [0.29, 0.717) is 12.1 Å². The number of benzene rings is 3. The van der Waals surface area contributed by atoms with Crippen LogP contribution in [0.5, 0.6) is 0 Å². The van der Waals surface area contributed by atoms with E-state index in [2.05, 4.69) is 85.5 Å². The molecule has 0 radical (unpaired) electrons. The maximum Gasteiger partial charge on any atom is 0.123 e. The molecule has 4 aromatic rings. The minimum absolute atomic E-state index is 0. The lowest BCUT2D eigenvalue weighted by Gasteiger charge is -2.16. The van der Waals surface area contributed by atoms with Gasteiger partial charge in [-0.1, -0.05) is 99.5 Å². The lowest BCUT2D eigenvalue weighted by atomic mass is 9.94. The molecule has 0 atom stereocenters. The first-order valence-corrected chi connectivity index (χ1v) is 13.3. The standard InChI is InChI=1S/C37H35FN2.CH4/c1-6-36(18-15-26(2)19-31-13-10-14-35(38)22-31)40-29(5)28(4)37-23-33(17-16-27(37)3)34-21-32(24-39-25-34)20-30-11-8-7-9-12-30;/h6-18,21-25,40H,2,4-5,19-20H2,1,3H3;1H4/b18-15-,36-6+;. The summed E-state index contributed by atoms with van der Waals surface area (Å²) in [5.74, 6) is -0.240. The van der Waals surface area contributed by atoms with Gasteiger partial charge in [0.25, 0.3) is 0 Å². The zero-order valence-electron chi connectivity index (χ0n) is 23.3. The molecule has 2 nitrogen and oxygen atoms in total. The lowest BCUT2D eigenvalue weighted by molar-refractivity contribution is 0.626. The van der Waals surface area contributed by atoms with Crippen molar-refractivity contribution in [3.8, 4) is 11.1 Å². The Morgan fingerprint density at radius 3 is 2.32 bits per heavy atom. The molecule has 1 aromatic heterocycles.